The molecule has 2 atom stereocenters. The van der Waals surface area contributed by atoms with Crippen LogP contribution in [-0.4, -0.2) is 32.3 Å². The number of piperidine rings is 1. The number of fused-ring (bicyclic) bond motifs is 1. The molecule has 2 fully saturated rings. The van der Waals surface area contributed by atoms with Crippen LogP contribution < -0.4 is 20.1 Å². The highest BCUT2D eigenvalue weighted by atomic mass is 16.6. The second-order valence-electron chi connectivity index (χ2n) is 6.77. The highest BCUT2D eigenvalue weighted by molar-refractivity contribution is 5.57. The largest absolute Gasteiger partial charge is 0.486 e. The summed E-state index contributed by atoms with van der Waals surface area (Å²) in [6.45, 7) is 3.36. The van der Waals surface area contributed by atoms with Crippen LogP contribution in [0.4, 0.5) is 5.69 Å². The van der Waals surface area contributed by atoms with Crippen molar-refractivity contribution in [1.82, 2.24) is 0 Å². The highest BCUT2D eigenvalue weighted by Gasteiger charge is 2.31. The van der Waals surface area contributed by atoms with Gasteiger partial charge in [0.25, 0.3) is 0 Å². The normalized spacial score (nSPS) is 28.5. The third kappa shape index (κ3) is 2.95. The van der Waals surface area contributed by atoms with E-state index in [1.165, 1.54) is 31.4 Å². The Balaban J connectivity index is 1.51. The Morgan fingerprint density at radius 2 is 1.86 bits per heavy atom. The van der Waals surface area contributed by atoms with Crippen molar-refractivity contribution < 1.29 is 9.47 Å². The van der Waals surface area contributed by atoms with E-state index in [1.807, 2.05) is 6.07 Å². The maximum atomic E-state index is 6.29. The van der Waals surface area contributed by atoms with Gasteiger partial charge in [-0.3, -0.25) is 0 Å². The fraction of sp³-hybridized carbons (Fsp3) is 0.647. The molecule has 0 bridgehead atoms. The number of ether oxygens (including phenoxy) is 2. The first-order valence-corrected chi connectivity index (χ1v) is 8.18. The van der Waals surface area contributed by atoms with E-state index in [0.29, 0.717) is 13.2 Å². The average Bonchev–Trinajstić information content (AvgIpc) is 3.30. The van der Waals surface area contributed by atoms with Crippen LogP contribution in [0.1, 0.15) is 25.7 Å². The lowest BCUT2D eigenvalue weighted by molar-refractivity contribution is 0.171. The summed E-state index contributed by atoms with van der Waals surface area (Å²) in [6.07, 6.45) is 5.39. The van der Waals surface area contributed by atoms with E-state index in [0.717, 1.165) is 36.4 Å². The monoisotopic (exact) mass is 288 g/mol. The van der Waals surface area contributed by atoms with E-state index in [4.69, 9.17) is 15.2 Å². The molecule has 2 aliphatic heterocycles. The minimum Gasteiger partial charge on any atom is -0.486 e. The molecule has 3 aliphatic rings. The summed E-state index contributed by atoms with van der Waals surface area (Å²) in [6, 6.07) is 6.57. The van der Waals surface area contributed by atoms with Crippen LogP contribution in [0.25, 0.3) is 0 Å². The first-order chi connectivity index (χ1) is 10.3. The zero-order chi connectivity index (χ0) is 14.2. The Labute approximate surface area is 126 Å². The highest BCUT2D eigenvalue weighted by Crippen LogP contribution is 2.39. The van der Waals surface area contributed by atoms with E-state index in [-0.39, 0.29) is 6.04 Å². The SMILES string of the molecule is NC1CC(CC2CC2)CN(c2ccc3c(c2)OCCO3)C1. The maximum Gasteiger partial charge on any atom is 0.163 e. The lowest BCUT2D eigenvalue weighted by atomic mass is 9.90. The van der Waals surface area contributed by atoms with Gasteiger partial charge in [0.05, 0.1) is 0 Å². The lowest BCUT2D eigenvalue weighted by Crippen LogP contribution is -2.47. The van der Waals surface area contributed by atoms with Gasteiger partial charge in [0.2, 0.25) is 0 Å². The molecule has 4 heteroatoms. The molecular weight excluding hydrogens is 264 g/mol. The Morgan fingerprint density at radius 3 is 2.67 bits per heavy atom. The summed E-state index contributed by atoms with van der Waals surface area (Å²) in [4.78, 5) is 2.43. The van der Waals surface area contributed by atoms with Crippen molar-refractivity contribution in [3.8, 4) is 11.5 Å². The zero-order valence-electron chi connectivity index (χ0n) is 12.5. The zero-order valence-corrected chi connectivity index (χ0v) is 12.5. The minimum atomic E-state index is 0.288. The first-order valence-electron chi connectivity index (χ1n) is 8.18. The van der Waals surface area contributed by atoms with Crippen molar-refractivity contribution in [2.24, 2.45) is 17.6 Å². The predicted molar refractivity (Wildman–Crippen MR) is 83.1 cm³/mol. The van der Waals surface area contributed by atoms with Gasteiger partial charge in [-0.1, -0.05) is 12.8 Å². The molecule has 0 radical (unpaired) electrons. The third-order valence-corrected chi connectivity index (χ3v) is 4.82. The number of benzene rings is 1. The molecule has 1 saturated heterocycles. The summed E-state index contributed by atoms with van der Waals surface area (Å²) < 4.78 is 11.3. The minimum absolute atomic E-state index is 0.288. The first kappa shape index (κ1) is 13.3. The summed E-state index contributed by atoms with van der Waals surface area (Å²) in [5.41, 5.74) is 7.51. The fourth-order valence-corrected chi connectivity index (χ4v) is 3.68. The van der Waals surface area contributed by atoms with Crippen LogP contribution in [0.3, 0.4) is 0 Å². The van der Waals surface area contributed by atoms with E-state index in [9.17, 15) is 0 Å². The average molecular weight is 288 g/mol. The van der Waals surface area contributed by atoms with Crippen LogP contribution in [0.2, 0.25) is 0 Å². The number of hydrogen-bond donors (Lipinski definition) is 1. The van der Waals surface area contributed by atoms with Crippen molar-refractivity contribution in [1.29, 1.82) is 0 Å². The Hall–Kier alpha value is -1.42. The van der Waals surface area contributed by atoms with Crippen molar-refractivity contribution in [2.75, 3.05) is 31.2 Å². The number of nitrogens with zero attached hydrogens (tertiary/aromatic N) is 1. The molecule has 1 aromatic carbocycles. The Morgan fingerprint density at radius 1 is 1.05 bits per heavy atom. The summed E-state index contributed by atoms with van der Waals surface area (Å²) >= 11 is 0. The Kier molecular flexibility index (Phi) is 3.42. The van der Waals surface area contributed by atoms with Crippen molar-refractivity contribution in [3.63, 3.8) is 0 Å². The molecule has 1 aromatic rings. The number of rotatable bonds is 3. The van der Waals surface area contributed by atoms with Crippen LogP contribution in [0.15, 0.2) is 18.2 Å². The van der Waals surface area contributed by atoms with Crippen molar-refractivity contribution in [3.05, 3.63) is 18.2 Å². The molecule has 114 valence electrons. The second kappa shape index (κ2) is 5.41. The molecular formula is C17H24N2O2. The molecule has 1 saturated carbocycles. The molecule has 1 aliphatic carbocycles. The Bertz CT molecular complexity index is 514. The molecule has 21 heavy (non-hydrogen) atoms. The summed E-state index contributed by atoms with van der Waals surface area (Å²) in [7, 11) is 0. The van der Waals surface area contributed by atoms with Gasteiger partial charge in [0.1, 0.15) is 13.2 Å². The van der Waals surface area contributed by atoms with E-state index < -0.39 is 0 Å². The van der Waals surface area contributed by atoms with E-state index in [2.05, 4.69) is 17.0 Å². The van der Waals surface area contributed by atoms with Gasteiger partial charge in [0.15, 0.2) is 11.5 Å². The van der Waals surface area contributed by atoms with Gasteiger partial charge in [-0.2, -0.15) is 0 Å². The smallest absolute Gasteiger partial charge is 0.163 e. The standard InChI is InChI=1S/C17H24N2O2/c18-14-8-13(7-12-1-2-12)10-19(11-14)15-3-4-16-17(9-15)21-6-5-20-16/h3-4,9,12-14H,1-2,5-8,10-11,18H2. The molecule has 2 unspecified atom stereocenters. The van der Waals surface area contributed by atoms with Gasteiger partial charge >= 0.3 is 0 Å². The molecule has 2 heterocycles. The van der Waals surface area contributed by atoms with Gasteiger partial charge in [-0.15, -0.1) is 0 Å². The van der Waals surface area contributed by atoms with Crippen LogP contribution in [-0.2, 0) is 0 Å². The quantitative estimate of drug-likeness (QED) is 0.928. The molecule has 0 amide bonds. The number of anilines is 1. The third-order valence-electron chi connectivity index (χ3n) is 4.82. The molecule has 4 nitrogen and oxygen atoms in total. The van der Waals surface area contributed by atoms with E-state index in [1.54, 1.807) is 0 Å². The topological polar surface area (TPSA) is 47.7 Å². The molecule has 0 spiro atoms. The summed E-state index contributed by atoms with van der Waals surface area (Å²) in [5, 5.41) is 0. The van der Waals surface area contributed by atoms with Gasteiger partial charge in [-0.05, 0) is 36.8 Å². The van der Waals surface area contributed by atoms with Crippen LogP contribution in [0, 0.1) is 11.8 Å². The molecule has 2 N–H and O–H groups in total. The van der Waals surface area contributed by atoms with E-state index >= 15 is 0 Å². The molecule has 4 rings (SSSR count). The maximum absolute atomic E-state index is 6.29. The van der Waals surface area contributed by atoms with Crippen LogP contribution >= 0.6 is 0 Å². The van der Waals surface area contributed by atoms with Gasteiger partial charge in [0, 0.05) is 30.9 Å². The number of hydrogen-bond acceptors (Lipinski definition) is 4. The predicted octanol–water partition coefficient (Wildman–Crippen LogP) is 2.41. The van der Waals surface area contributed by atoms with Gasteiger partial charge in [-0.25, -0.2) is 0 Å². The van der Waals surface area contributed by atoms with Crippen molar-refractivity contribution in [2.45, 2.75) is 31.7 Å². The number of nitrogens with two attached hydrogens (primary N) is 1. The lowest BCUT2D eigenvalue weighted by Gasteiger charge is -2.38. The van der Waals surface area contributed by atoms with Crippen LogP contribution in [0.5, 0.6) is 11.5 Å². The summed E-state index contributed by atoms with van der Waals surface area (Å²) in [5.74, 6) is 3.45. The second-order valence-corrected chi connectivity index (χ2v) is 6.77. The fourth-order valence-electron chi connectivity index (χ4n) is 3.68. The van der Waals surface area contributed by atoms with Crippen molar-refractivity contribution >= 4 is 5.69 Å². The van der Waals surface area contributed by atoms with Gasteiger partial charge < -0.3 is 20.1 Å². The molecule has 0 aromatic heterocycles.